The van der Waals surface area contributed by atoms with Gasteiger partial charge in [0.25, 0.3) is 0 Å². The minimum atomic E-state index is -1.00. The normalized spacial score (nSPS) is 10.3. The van der Waals surface area contributed by atoms with Crippen LogP contribution in [-0.2, 0) is 11.3 Å². The smallest absolute Gasteiger partial charge is 0.329 e. The minimum absolute atomic E-state index is 0.347. The first-order valence-electron chi connectivity index (χ1n) is 3.17. The number of carbonyl (C=O) groups is 1. The van der Waals surface area contributed by atoms with Gasteiger partial charge in [-0.15, -0.1) is 0 Å². The Labute approximate surface area is 67.9 Å². The summed E-state index contributed by atoms with van der Waals surface area (Å²) < 4.78 is 4.45. The monoisotopic (exact) mass is 169 g/mol. The Morgan fingerprint density at radius 1 is 1.83 bits per heavy atom. The molecule has 12 heavy (non-hydrogen) atoms. The fraction of sp³-hybridized carbons (Fsp3) is 0.167. The van der Waals surface area contributed by atoms with Gasteiger partial charge in [-0.05, 0) is 0 Å². The molecule has 6 heteroatoms. The molecule has 0 aliphatic rings. The quantitative estimate of drug-likeness (QED) is 0.604. The van der Waals surface area contributed by atoms with Crippen molar-refractivity contribution < 1.29 is 14.4 Å². The second-order valence-corrected chi connectivity index (χ2v) is 1.90. The number of hydrogen-bond donors (Lipinski definition) is 2. The average Bonchev–Trinajstić information content (AvgIpc) is 2.49. The van der Waals surface area contributed by atoms with E-state index in [4.69, 9.17) is 5.11 Å². The molecule has 0 aromatic carbocycles. The first-order valence-corrected chi connectivity index (χ1v) is 3.17. The minimum Gasteiger partial charge on any atom is -0.478 e. The molecule has 2 N–H and O–H groups in total. The number of carboxylic acid groups (broad SMARTS) is 1. The molecule has 0 spiro atoms. The molecule has 0 amide bonds. The third-order valence-electron chi connectivity index (χ3n) is 1.01. The van der Waals surface area contributed by atoms with E-state index in [1.165, 1.54) is 12.6 Å². The first-order chi connectivity index (χ1) is 5.79. The van der Waals surface area contributed by atoms with Crippen LogP contribution in [0.1, 0.15) is 5.82 Å². The van der Waals surface area contributed by atoms with Gasteiger partial charge in [-0.25, -0.2) is 4.79 Å². The predicted molar refractivity (Wildman–Crippen MR) is 37.9 cm³/mol. The van der Waals surface area contributed by atoms with E-state index in [2.05, 4.69) is 20.0 Å². The van der Waals surface area contributed by atoms with Gasteiger partial charge in [-0.2, -0.15) is 4.98 Å². The fourth-order valence-electron chi connectivity index (χ4n) is 0.551. The zero-order chi connectivity index (χ0) is 8.81. The van der Waals surface area contributed by atoms with Crippen molar-refractivity contribution in [2.75, 3.05) is 0 Å². The molecule has 0 atom stereocenters. The van der Waals surface area contributed by atoms with Crippen LogP contribution in [0.25, 0.3) is 0 Å². The Morgan fingerprint density at radius 2 is 2.67 bits per heavy atom. The highest BCUT2D eigenvalue weighted by Crippen LogP contribution is 1.85. The van der Waals surface area contributed by atoms with E-state index >= 15 is 0 Å². The van der Waals surface area contributed by atoms with E-state index in [-0.39, 0.29) is 0 Å². The second-order valence-electron chi connectivity index (χ2n) is 1.90. The fourth-order valence-corrected chi connectivity index (χ4v) is 0.551. The van der Waals surface area contributed by atoms with E-state index in [1.54, 1.807) is 0 Å². The molecule has 0 aliphatic carbocycles. The third-order valence-corrected chi connectivity index (χ3v) is 1.01. The number of carboxylic acids is 1. The molecule has 1 aromatic heterocycles. The number of rotatable bonds is 4. The molecular weight excluding hydrogens is 162 g/mol. The summed E-state index contributed by atoms with van der Waals surface area (Å²) in [6, 6.07) is 0. The SMILES string of the molecule is O=C(O)/C=C/NCc1ncon1. The van der Waals surface area contributed by atoms with Gasteiger partial charge in [0.1, 0.15) is 0 Å². The number of nitrogens with one attached hydrogen (secondary N) is 1. The van der Waals surface area contributed by atoms with Gasteiger partial charge in [-0.3, -0.25) is 0 Å². The second kappa shape index (κ2) is 4.12. The number of hydrogen-bond acceptors (Lipinski definition) is 5. The van der Waals surface area contributed by atoms with Crippen LogP contribution in [0.5, 0.6) is 0 Å². The van der Waals surface area contributed by atoms with Crippen LogP contribution in [0.15, 0.2) is 23.2 Å². The molecule has 6 nitrogen and oxygen atoms in total. The van der Waals surface area contributed by atoms with E-state index in [0.29, 0.717) is 12.4 Å². The molecule has 1 rings (SSSR count). The molecule has 0 saturated heterocycles. The molecule has 0 unspecified atom stereocenters. The largest absolute Gasteiger partial charge is 0.478 e. The third kappa shape index (κ3) is 2.82. The van der Waals surface area contributed by atoms with Crippen molar-refractivity contribution in [1.82, 2.24) is 15.5 Å². The van der Waals surface area contributed by atoms with Gasteiger partial charge in [0, 0.05) is 12.3 Å². The summed E-state index contributed by atoms with van der Waals surface area (Å²) in [4.78, 5) is 13.7. The molecule has 1 heterocycles. The Hall–Kier alpha value is -1.85. The Kier molecular flexibility index (Phi) is 2.83. The zero-order valence-electron chi connectivity index (χ0n) is 6.10. The number of aliphatic carboxylic acids is 1. The average molecular weight is 169 g/mol. The molecule has 0 bridgehead atoms. The summed E-state index contributed by atoms with van der Waals surface area (Å²) in [5.41, 5.74) is 0. The van der Waals surface area contributed by atoms with Crippen LogP contribution >= 0.6 is 0 Å². The maximum atomic E-state index is 9.98. The summed E-state index contributed by atoms with van der Waals surface area (Å²) >= 11 is 0. The van der Waals surface area contributed by atoms with Crippen LogP contribution in [0.3, 0.4) is 0 Å². The lowest BCUT2D eigenvalue weighted by Gasteiger charge is -1.91. The van der Waals surface area contributed by atoms with Crippen molar-refractivity contribution in [2.45, 2.75) is 6.54 Å². The Balaban J connectivity index is 2.23. The lowest BCUT2D eigenvalue weighted by molar-refractivity contribution is -0.131. The van der Waals surface area contributed by atoms with Crippen LogP contribution in [-0.4, -0.2) is 21.2 Å². The maximum absolute atomic E-state index is 9.98. The van der Waals surface area contributed by atoms with Crippen molar-refractivity contribution in [3.05, 3.63) is 24.5 Å². The highest BCUT2D eigenvalue weighted by atomic mass is 16.5. The van der Waals surface area contributed by atoms with Gasteiger partial charge < -0.3 is 14.9 Å². The van der Waals surface area contributed by atoms with Crippen molar-refractivity contribution in [3.63, 3.8) is 0 Å². The lowest BCUT2D eigenvalue weighted by Crippen LogP contribution is -2.06. The highest BCUT2D eigenvalue weighted by Gasteiger charge is 1.93. The summed E-state index contributed by atoms with van der Waals surface area (Å²) in [6.07, 6.45) is 3.50. The molecule has 0 aliphatic heterocycles. The van der Waals surface area contributed by atoms with Crippen molar-refractivity contribution in [2.24, 2.45) is 0 Å². The van der Waals surface area contributed by atoms with Gasteiger partial charge in [-0.1, -0.05) is 5.16 Å². The van der Waals surface area contributed by atoms with E-state index in [1.807, 2.05) is 0 Å². The summed E-state index contributed by atoms with van der Waals surface area (Å²) in [7, 11) is 0. The van der Waals surface area contributed by atoms with E-state index in [9.17, 15) is 4.79 Å². The Morgan fingerprint density at radius 3 is 3.25 bits per heavy atom. The number of aromatic nitrogens is 2. The van der Waals surface area contributed by atoms with E-state index in [0.717, 1.165) is 6.08 Å². The lowest BCUT2D eigenvalue weighted by atomic mass is 10.5. The van der Waals surface area contributed by atoms with Gasteiger partial charge in [0.05, 0.1) is 6.54 Å². The standard InChI is InChI=1S/C6H7N3O3/c10-6(11)1-2-7-3-5-8-4-12-9-5/h1-2,4,7H,3H2,(H,10,11)/b2-1+. The van der Waals surface area contributed by atoms with Gasteiger partial charge in [0.2, 0.25) is 6.39 Å². The predicted octanol–water partition coefficient (Wildman–Crippen LogP) is -0.243. The summed E-state index contributed by atoms with van der Waals surface area (Å²) in [5, 5.41) is 14.4. The summed E-state index contributed by atoms with van der Waals surface area (Å²) in [5.74, 6) is -0.527. The van der Waals surface area contributed by atoms with Crippen LogP contribution in [0.4, 0.5) is 0 Å². The Bertz CT molecular complexity index is 268. The van der Waals surface area contributed by atoms with Crippen LogP contribution < -0.4 is 5.32 Å². The molecule has 1 aromatic rings. The van der Waals surface area contributed by atoms with Gasteiger partial charge in [0.15, 0.2) is 5.82 Å². The first kappa shape index (κ1) is 8.25. The van der Waals surface area contributed by atoms with E-state index < -0.39 is 5.97 Å². The van der Waals surface area contributed by atoms with Crippen LogP contribution in [0, 0.1) is 0 Å². The van der Waals surface area contributed by atoms with Crippen molar-refractivity contribution in [1.29, 1.82) is 0 Å². The van der Waals surface area contributed by atoms with Crippen LogP contribution in [0.2, 0.25) is 0 Å². The molecule has 0 fully saturated rings. The van der Waals surface area contributed by atoms with Gasteiger partial charge >= 0.3 is 5.97 Å². The van der Waals surface area contributed by atoms with Crippen molar-refractivity contribution >= 4 is 5.97 Å². The molecule has 0 saturated carbocycles. The maximum Gasteiger partial charge on any atom is 0.329 e. The topological polar surface area (TPSA) is 88.2 Å². The zero-order valence-corrected chi connectivity index (χ0v) is 6.10. The van der Waals surface area contributed by atoms with Crippen molar-refractivity contribution in [3.8, 4) is 0 Å². The highest BCUT2D eigenvalue weighted by molar-refractivity contribution is 5.79. The number of nitrogens with zero attached hydrogens (tertiary/aromatic N) is 2. The molecule has 0 radical (unpaired) electrons. The molecule has 64 valence electrons. The summed E-state index contributed by atoms with van der Waals surface area (Å²) in [6.45, 7) is 0.347. The molecular formula is C6H7N3O3.